The summed E-state index contributed by atoms with van der Waals surface area (Å²) in [6.45, 7) is 2.22. The first-order valence-corrected chi connectivity index (χ1v) is 8.43. The Morgan fingerprint density at radius 3 is 2.62 bits per heavy atom. The molecule has 2 aliphatic rings. The highest BCUT2D eigenvalue weighted by Gasteiger charge is 2.38. The first kappa shape index (κ1) is 18.1. The Hall–Kier alpha value is -2.74. The fourth-order valence-corrected chi connectivity index (χ4v) is 3.13. The van der Waals surface area contributed by atoms with Crippen molar-refractivity contribution >= 4 is 23.7 Å². The van der Waals surface area contributed by atoms with Crippen LogP contribution in [0.15, 0.2) is 18.2 Å². The first-order chi connectivity index (χ1) is 12.3. The van der Waals surface area contributed by atoms with E-state index in [0.29, 0.717) is 6.61 Å². The van der Waals surface area contributed by atoms with Gasteiger partial charge in [-0.25, -0.2) is 4.79 Å². The molecule has 1 fully saturated rings. The van der Waals surface area contributed by atoms with Gasteiger partial charge in [-0.1, -0.05) is 0 Å². The smallest absolute Gasteiger partial charge is 0.326 e. The van der Waals surface area contributed by atoms with Crippen LogP contribution in [0, 0.1) is 0 Å². The number of carboxylic acid groups (broad SMARTS) is 1. The Kier molecular flexibility index (Phi) is 4.78. The topological polar surface area (TPSA) is 104 Å². The van der Waals surface area contributed by atoms with Crippen molar-refractivity contribution in [1.29, 1.82) is 0 Å². The van der Waals surface area contributed by atoms with E-state index in [0.717, 1.165) is 22.6 Å². The Bertz CT molecular complexity index is 784. The summed E-state index contributed by atoms with van der Waals surface area (Å²) in [5.74, 6) is -2.51. The van der Waals surface area contributed by atoms with E-state index < -0.39 is 29.7 Å². The number of ether oxygens (including phenoxy) is 1. The predicted molar refractivity (Wildman–Crippen MR) is 90.0 cm³/mol. The van der Waals surface area contributed by atoms with Gasteiger partial charge in [0, 0.05) is 19.2 Å². The molecule has 0 aromatic heterocycles. The van der Waals surface area contributed by atoms with E-state index in [2.05, 4.69) is 0 Å². The van der Waals surface area contributed by atoms with E-state index in [-0.39, 0.29) is 29.3 Å². The molecule has 3 amide bonds. The monoisotopic (exact) mass is 360 g/mol. The van der Waals surface area contributed by atoms with Gasteiger partial charge in [0.05, 0.1) is 23.8 Å². The fourth-order valence-electron chi connectivity index (χ4n) is 3.13. The van der Waals surface area contributed by atoms with Crippen molar-refractivity contribution in [2.75, 3.05) is 20.2 Å². The van der Waals surface area contributed by atoms with Crippen LogP contribution < -0.4 is 0 Å². The minimum absolute atomic E-state index is 0.152. The van der Waals surface area contributed by atoms with Crippen LogP contribution in [0.5, 0.6) is 0 Å². The highest BCUT2D eigenvalue weighted by Crippen LogP contribution is 2.26. The summed E-state index contributed by atoms with van der Waals surface area (Å²) >= 11 is 0. The van der Waals surface area contributed by atoms with Crippen molar-refractivity contribution < 1.29 is 29.0 Å². The summed E-state index contributed by atoms with van der Waals surface area (Å²) in [5.41, 5.74) is 0.577. The molecule has 3 rings (SSSR count). The number of amides is 3. The number of carboxylic acids is 1. The van der Waals surface area contributed by atoms with Crippen LogP contribution in [-0.4, -0.2) is 70.9 Å². The van der Waals surface area contributed by atoms with Crippen molar-refractivity contribution in [2.24, 2.45) is 0 Å². The molecule has 0 spiro atoms. The first-order valence-electron chi connectivity index (χ1n) is 8.43. The lowest BCUT2D eigenvalue weighted by Crippen LogP contribution is -2.40. The van der Waals surface area contributed by atoms with Gasteiger partial charge in [0.2, 0.25) is 0 Å². The van der Waals surface area contributed by atoms with Crippen LogP contribution in [0.3, 0.4) is 0 Å². The number of likely N-dealkylation sites (N-methyl/N-ethyl adjacent to an activating group) is 1. The molecule has 1 aromatic rings. The Labute approximate surface area is 150 Å². The number of aliphatic carboxylic acids is 1. The average Bonchev–Trinajstić information content (AvgIpc) is 3.22. The van der Waals surface area contributed by atoms with Gasteiger partial charge >= 0.3 is 5.97 Å². The number of carbonyl (C=O) groups excluding carboxylic acids is 3. The molecular weight excluding hydrogens is 340 g/mol. The third-order valence-electron chi connectivity index (χ3n) is 4.89. The standard InChI is InChI=1S/C18H20N2O6/c1-10(18(24)25)19(2)15(21)11-5-6-13-14(8-11)17(23)20(16(13)22)9-12-4-3-7-26-12/h5-6,8,10,12H,3-4,7,9H2,1-2H3,(H,24,25). The molecule has 138 valence electrons. The molecule has 2 heterocycles. The van der Waals surface area contributed by atoms with Crippen molar-refractivity contribution in [3.8, 4) is 0 Å². The van der Waals surface area contributed by atoms with E-state index in [9.17, 15) is 19.2 Å². The number of hydrogen-bond donors (Lipinski definition) is 1. The van der Waals surface area contributed by atoms with E-state index >= 15 is 0 Å². The second kappa shape index (κ2) is 6.87. The van der Waals surface area contributed by atoms with Crippen LogP contribution in [0.4, 0.5) is 0 Å². The van der Waals surface area contributed by atoms with E-state index in [1.807, 2.05) is 0 Å². The number of fused-ring (bicyclic) bond motifs is 1. The SMILES string of the molecule is CC(C(=O)O)N(C)C(=O)c1ccc2c(c1)C(=O)N(CC1CCCO1)C2=O. The van der Waals surface area contributed by atoms with Crippen molar-refractivity contribution in [2.45, 2.75) is 31.9 Å². The molecule has 8 nitrogen and oxygen atoms in total. The van der Waals surface area contributed by atoms with Crippen LogP contribution in [-0.2, 0) is 9.53 Å². The Morgan fingerprint density at radius 2 is 2.00 bits per heavy atom. The predicted octanol–water partition coefficient (Wildman–Crippen LogP) is 1.01. The molecular formula is C18H20N2O6. The molecule has 0 radical (unpaired) electrons. The molecule has 1 saturated heterocycles. The highest BCUT2D eigenvalue weighted by atomic mass is 16.5. The van der Waals surface area contributed by atoms with Gasteiger partial charge in [-0.2, -0.15) is 0 Å². The summed E-state index contributed by atoms with van der Waals surface area (Å²) in [5, 5.41) is 9.04. The van der Waals surface area contributed by atoms with E-state index in [1.54, 1.807) is 0 Å². The van der Waals surface area contributed by atoms with Gasteiger partial charge in [0.25, 0.3) is 17.7 Å². The number of imide groups is 1. The van der Waals surface area contributed by atoms with Gasteiger partial charge in [0.15, 0.2) is 0 Å². The Balaban J connectivity index is 1.83. The zero-order valence-electron chi connectivity index (χ0n) is 14.6. The molecule has 2 unspecified atom stereocenters. The van der Waals surface area contributed by atoms with Gasteiger partial charge in [-0.3, -0.25) is 19.3 Å². The molecule has 2 atom stereocenters. The van der Waals surface area contributed by atoms with Crippen LogP contribution in [0.1, 0.15) is 50.8 Å². The van der Waals surface area contributed by atoms with E-state index in [4.69, 9.17) is 9.84 Å². The summed E-state index contributed by atoms with van der Waals surface area (Å²) < 4.78 is 5.49. The van der Waals surface area contributed by atoms with Crippen LogP contribution in [0.2, 0.25) is 0 Å². The number of nitrogens with zero attached hydrogens (tertiary/aromatic N) is 2. The summed E-state index contributed by atoms with van der Waals surface area (Å²) in [6, 6.07) is 3.23. The zero-order valence-corrected chi connectivity index (χ0v) is 14.6. The molecule has 0 saturated carbocycles. The second-order valence-corrected chi connectivity index (χ2v) is 6.55. The maximum absolute atomic E-state index is 12.6. The third kappa shape index (κ3) is 3.08. The van der Waals surface area contributed by atoms with Crippen molar-refractivity contribution in [1.82, 2.24) is 9.80 Å². The summed E-state index contributed by atoms with van der Waals surface area (Å²) in [6.07, 6.45) is 1.55. The van der Waals surface area contributed by atoms with Crippen LogP contribution >= 0.6 is 0 Å². The number of benzene rings is 1. The lowest BCUT2D eigenvalue weighted by molar-refractivity contribution is -0.141. The average molecular weight is 360 g/mol. The fraction of sp³-hybridized carbons (Fsp3) is 0.444. The quantitative estimate of drug-likeness (QED) is 0.786. The molecule has 1 N–H and O–H groups in total. The molecule has 26 heavy (non-hydrogen) atoms. The molecule has 2 aliphatic heterocycles. The highest BCUT2D eigenvalue weighted by molar-refractivity contribution is 6.22. The molecule has 8 heteroatoms. The number of carbonyl (C=O) groups is 4. The van der Waals surface area contributed by atoms with Crippen LogP contribution in [0.25, 0.3) is 0 Å². The third-order valence-corrected chi connectivity index (χ3v) is 4.89. The minimum Gasteiger partial charge on any atom is -0.480 e. The minimum atomic E-state index is -1.13. The second-order valence-electron chi connectivity index (χ2n) is 6.55. The van der Waals surface area contributed by atoms with Crippen molar-refractivity contribution in [3.05, 3.63) is 34.9 Å². The van der Waals surface area contributed by atoms with Gasteiger partial charge < -0.3 is 14.7 Å². The summed E-state index contributed by atoms with van der Waals surface area (Å²) in [4.78, 5) is 50.9. The van der Waals surface area contributed by atoms with Gasteiger partial charge in [0.1, 0.15) is 6.04 Å². The number of hydrogen-bond acceptors (Lipinski definition) is 5. The van der Waals surface area contributed by atoms with Gasteiger partial charge in [-0.15, -0.1) is 0 Å². The lowest BCUT2D eigenvalue weighted by Gasteiger charge is -2.21. The summed E-state index contributed by atoms with van der Waals surface area (Å²) in [7, 11) is 1.38. The normalized spacial score (nSPS) is 20.2. The maximum atomic E-state index is 12.6. The molecule has 0 aliphatic carbocycles. The maximum Gasteiger partial charge on any atom is 0.326 e. The van der Waals surface area contributed by atoms with E-state index in [1.165, 1.54) is 32.2 Å². The lowest BCUT2D eigenvalue weighted by atomic mass is 10.0. The van der Waals surface area contributed by atoms with Gasteiger partial charge in [-0.05, 0) is 38.0 Å². The van der Waals surface area contributed by atoms with Crippen molar-refractivity contribution in [3.63, 3.8) is 0 Å². The number of rotatable bonds is 5. The molecule has 1 aromatic carbocycles. The molecule has 0 bridgehead atoms. The Morgan fingerprint density at radius 1 is 1.31 bits per heavy atom. The zero-order chi connectivity index (χ0) is 19.0. The largest absolute Gasteiger partial charge is 0.480 e.